The van der Waals surface area contributed by atoms with E-state index in [1.54, 1.807) is 13.1 Å². The summed E-state index contributed by atoms with van der Waals surface area (Å²) in [7, 11) is 1.56. The van der Waals surface area contributed by atoms with Crippen molar-refractivity contribution in [1.29, 1.82) is 0 Å². The fourth-order valence-corrected chi connectivity index (χ4v) is 2.65. The number of rotatable bonds is 5. The van der Waals surface area contributed by atoms with Gasteiger partial charge in [-0.15, -0.1) is 0 Å². The number of ether oxygens (including phenoxy) is 1. The monoisotopic (exact) mass is 304 g/mol. The zero-order chi connectivity index (χ0) is 16.1. The van der Waals surface area contributed by atoms with Crippen molar-refractivity contribution in [3.05, 3.63) is 29.2 Å². The summed E-state index contributed by atoms with van der Waals surface area (Å²) < 4.78 is 6.03. The Labute approximate surface area is 131 Å². The molecule has 1 fully saturated rings. The SMILES string of the molecule is Cc1nc(/C(N)=C(\C=O)N(C)N)ccc1OC1CCCCC1. The molecule has 1 saturated carbocycles. The van der Waals surface area contributed by atoms with Crippen molar-refractivity contribution in [1.82, 2.24) is 9.99 Å². The fraction of sp³-hybridized carbons (Fsp3) is 0.500. The molecule has 0 bridgehead atoms. The Bertz CT molecular complexity index is 563. The summed E-state index contributed by atoms with van der Waals surface area (Å²) in [6, 6.07) is 3.62. The Kier molecular flexibility index (Phi) is 5.38. The Morgan fingerprint density at radius 3 is 2.59 bits per heavy atom. The molecule has 0 radical (unpaired) electrons. The maximum atomic E-state index is 11.1. The molecule has 1 aromatic rings. The average molecular weight is 304 g/mol. The molecule has 0 spiro atoms. The topological polar surface area (TPSA) is 94.5 Å². The van der Waals surface area contributed by atoms with Crippen molar-refractivity contribution in [2.45, 2.75) is 45.1 Å². The van der Waals surface area contributed by atoms with Gasteiger partial charge < -0.3 is 15.5 Å². The number of hydrogen-bond acceptors (Lipinski definition) is 6. The van der Waals surface area contributed by atoms with E-state index in [9.17, 15) is 4.79 Å². The molecule has 0 amide bonds. The van der Waals surface area contributed by atoms with Gasteiger partial charge in [-0.2, -0.15) is 0 Å². The van der Waals surface area contributed by atoms with Gasteiger partial charge in [0.15, 0.2) is 6.29 Å². The van der Waals surface area contributed by atoms with Gasteiger partial charge in [-0.05, 0) is 44.7 Å². The van der Waals surface area contributed by atoms with Gasteiger partial charge in [-0.25, -0.2) is 10.8 Å². The van der Waals surface area contributed by atoms with Gasteiger partial charge in [0.05, 0.1) is 23.2 Å². The van der Waals surface area contributed by atoms with E-state index >= 15 is 0 Å². The van der Waals surface area contributed by atoms with Crippen molar-refractivity contribution in [3.8, 4) is 5.75 Å². The molecule has 6 nitrogen and oxygen atoms in total. The smallest absolute Gasteiger partial charge is 0.169 e. The zero-order valence-electron chi connectivity index (χ0n) is 13.2. The second-order valence-corrected chi connectivity index (χ2v) is 5.69. The predicted octanol–water partition coefficient (Wildman–Crippen LogP) is 1.73. The van der Waals surface area contributed by atoms with Crippen LogP contribution >= 0.6 is 0 Å². The van der Waals surface area contributed by atoms with E-state index in [2.05, 4.69) is 4.98 Å². The summed E-state index contributed by atoms with van der Waals surface area (Å²) in [5, 5.41) is 1.19. The van der Waals surface area contributed by atoms with Crippen molar-refractivity contribution < 1.29 is 9.53 Å². The third-order valence-electron chi connectivity index (χ3n) is 3.93. The molecule has 120 valence electrons. The van der Waals surface area contributed by atoms with Crippen molar-refractivity contribution in [2.75, 3.05) is 7.05 Å². The quantitative estimate of drug-likeness (QED) is 0.372. The first-order chi connectivity index (χ1) is 10.5. The maximum absolute atomic E-state index is 11.1. The Balaban J connectivity index is 2.20. The number of aldehydes is 1. The van der Waals surface area contributed by atoms with Crippen LogP contribution in [0.1, 0.15) is 43.5 Å². The molecular weight excluding hydrogens is 280 g/mol. The number of hydrazine groups is 1. The number of aryl methyl sites for hydroxylation is 1. The molecule has 1 aliphatic carbocycles. The summed E-state index contributed by atoms with van der Waals surface area (Å²) >= 11 is 0. The molecule has 1 heterocycles. The highest BCUT2D eigenvalue weighted by molar-refractivity contribution is 5.85. The molecular formula is C16H24N4O2. The van der Waals surface area contributed by atoms with Gasteiger partial charge in [0.25, 0.3) is 0 Å². The largest absolute Gasteiger partial charge is 0.489 e. The lowest BCUT2D eigenvalue weighted by Crippen LogP contribution is -2.28. The summed E-state index contributed by atoms with van der Waals surface area (Å²) in [4.78, 5) is 15.5. The van der Waals surface area contributed by atoms with E-state index in [1.807, 2.05) is 13.0 Å². The standard InChI is InChI=1S/C16H24N4O2/c1-11-15(22-12-6-4-3-5-7-12)9-8-13(19-11)16(17)14(10-21)20(2)18/h8-10,12H,3-7,17-18H2,1-2H3/b16-14-. The van der Waals surface area contributed by atoms with E-state index in [4.69, 9.17) is 16.3 Å². The van der Waals surface area contributed by atoms with Crippen LogP contribution in [0.25, 0.3) is 5.70 Å². The summed E-state index contributed by atoms with van der Waals surface area (Å²) in [5.74, 6) is 6.36. The average Bonchev–Trinajstić information content (AvgIpc) is 2.50. The first-order valence-electron chi connectivity index (χ1n) is 7.61. The van der Waals surface area contributed by atoms with Crippen LogP contribution in [-0.2, 0) is 4.79 Å². The molecule has 2 rings (SSSR count). The zero-order valence-corrected chi connectivity index (χ0v) is 13.2. The lowest BCUT2D eigenvalue weighted by atomic mass is 9.98. The molecule has 0 saturated heterocycles. The Hall–Kier alpha value is -2.08. The second-order valence-electron chi connectivity index (χ2n) is 5.69. The molecule has 1 aliphatic rings. The highest BCUT2D eigenvalue weighted by Gasteiger charge is 2.17. The minimum Gasteiger partial charge on any atom is -0.489 e. The number of pyridine rings is 1. The molecule has 0 unspecified atom stereocenters. The lowest BCUT2D eigenvalue weighted by molar-refractivity contribution is -0.106. The third-order valence-corrected chi connectivity index (χ3v) is 3.93. The van der Waals surface area contributed by atoms with Gasteiger partial charge in [-0.3, -0.25) is 4.79 Å². The first-order valence-corrected chi connectivity index (χ1v) is 7.61. The van der Waals surface area contributed by atoms with Gasteiger partial charge in [0, 0.05) is 7.05 Å². The number of carbonyl (C=O) groups is 1. The Morgan fingerprint density at radius 1 is 1.36 bits per heavy atom. The fourth-order valence-electron chi connectivity index (χ4n) is 2.65. The van der Waals surface area contributed by atoms with Crippen LogP contribution in [0.15, 0.2) is 17.8 Å². The molecule has 0 atom stereocenters. The van der Waals surface area contributed by atoms with Crippen LogP contribution in [0.4, 0.5) is 0 Å². The summed E-state index contributed by atoms with van der Waals surface area (Å²) in [6.45, 7) is 1.88. The number of carbonyl (C=O) groups excluding carboxylic acids is 1. The first kappa shape index (κ1) is 16.3. The molecule has 0 aromatic carbocycles. The Morgan fingerprint density at radius 2 is 2.05 bits per heavy atom. The normalized spacial score (nSPS) is 16.9. The molecule has 4 N–H and O–H groups in total. The van der Waals surface area contributed by atoms with Gasteiger partial charge in [-0.1, -0.05) is 6.42 Å². The highest BCUT2D eigenvalue weighted by atomic mass is 16.5. The van der Waals surface area contributed by atoms with Crippen molar-refractivity contribution in [3.63, 3.8) is 0 Å². The number of hydrogen-bond donors (Lipinski definition) is 2. The lowest BCUT2D eigenvalue weighted by Gasteiger charge is -2.23. The van der Waals surface area contributed by atoms with Crippen LogP contribution in [0, 0.1) is 6.92 Å². The predicted molar refractivity (Wildman–Crippen MR) is 85.6 cm³/mol. The second kappa shape index (κ2) is 7.26. The van der Waals surface area contributed by atoms with Crippen molar-refractivity contribution >= 4 is 12.0 Å². The van der Waals surface area contributed by atoms with Crippen molar-refractivity contribution in [2.24, 2.45) is 11.6 Å². The molecule has 6 heteroatoms. The minimum atomic E-state index is 0.202. The minimum absolute atomic E-state index is 0.202. The number of nitrogens with two attached hydrogens (primary N) is 2. The van der Waals surface area contributed by atoms with Gasteiger partial charge >= 0.3 is 0 Å². The van der Waals surface area contributed by atoms with Crippen LogP contribution in [-0.4, -0.2) is 29.4 Å². The number of nitrogens with zero attached hydrogens (tertiary/aromatic N) is 2. The van der Waals surface area contributed by atoms with Crippen LogP contribution in [0.3, 0.4) is 0 Å². The summed E-state index contributed by atoms with van der Waals surface area (Å²) in [5.41, 5.74) is 7.72. The van der Waals surface area contributed by atoms with E-state index in [0.717, 1.165) is 24.3 Å². The van der Waals surface area contributed by atoms with Crippen LogP contribution in [0.2, 0.25) is 0 Å². The molecule has 1 aromatic heterocycles. The molecule has 0 aliphatic heterocycles. The molecule has 22 heavy (non-hydrogen) atoms. The van der Waals surface area contributed by atoms with E-state index in [-0.39, 0.29) is 17.5 Å². The van der Waals surface area contributed by atoms with E-state index in [0.29, 0.717) is 12.0 Å². The van der Waals surface area contributed by atoms with E-state index < -0.39 is 0 Å². The third kappa shape index (κ3) is 3.76. The highest BCUT2D eigenvalue weighted by Crippen LogP contribution is 2.26. The maximum Gasteiger partial charge on any atom is 0.169 e. The van der Waals surface area contributed by atoms with Crippen LogP contribution < -0.4 is 16.3 Å². The van der Waals surface area contributed by atoms with E-state index in [1.165, 1.54) is 24.3 Å². The number of aromatic nitrogens is 1. The number of likely N-dealkylation sites (N-methyl/N-ethyl adjacent to an activating group) is 1. The number of allylic oxidation sites excluding steroid dienone is 1. The van der Waals surface area contributed by atoms with Gasteiger partial charge in [0.2, 0.25) is 0 Å². The summed E-state index contributed by atoms with van der Waals surface area (Å²) in [6.07, 6.45) is 6.81. The van der Waals surface area contributed by atoms with Gasteiger partial charge in [0.1, 0.15) is 11.4 Å². The van der Waals surface area contributed by atoms with Crippen LogP contribution in [0.5, 0.6) is 5.75 Å².